The van der Waals surface area contributed by atoms with E-state index in [0.717, 1.165) is 47.6 Å². The maximum absolute atomic E-state index is 12.8. The fourth-order valence-corrected chi connectivity index (χ4v) is 2.30. The summed E-state index contributed by atoms with van der Waals surface area (Å²) in [6, 6.07) is 8.43. The van der Waals surface area contributed by atoms with Crippen LogP contribution in [-0.2, 0) is 12.8 Å². The minimum atomic E-state index is -0.203. The molecule has 2 rings (SSSR count). The lowest BCUT2D eigenvalue weighted by atomic mass is 10.1. The first kappa shape index (κ1) is 14.9. The predicted octanol–water partition coefficient (Wildman–Crippen LogP) is 3.99. The van der Waals surface area contributed by atoms with Crippen molar-refractivity contribution >= 4 is 21.7 Å². The maximum atomic E-state index is 12.8. The van der Waals surface area contributed by atoms with Crippen molar-refractivity contribution in [2.75, 3.05) is 11.9 Å². The van der Waals surface area contributed by atoms with E-state index in [1.54, 1.807) is 12.1 Å². The van der Waals surface area contributed by atoms with E-state index in [4.69, 9.17) is 0 Å². The van der Waals surface area contributed by atoms with Crippen LogP contribution in [0.3, 0.4) is 0 Å². The second kappa shape index (κ2) is 7.33. The van der Waals surface area contributed by atoms with Gasteiger partial charge in [0.25, 0.3) is 0 Å². The molecule has 0 atom stereocenters. The number of nitrogens with one attached hydrogen (secondary N) is 1. The van der Waals surface area contributed by atoms with Crippen LogP contribution in [0.4, 0.5) is 10.2 Å². The van der Waals surface area contributed by atoms with Crippen LogP contribution in [0.1, 0.15) is 24.7 Å². The maximum Gasteiger partial charge on any atom is 0.132 e. The van der Waals surface area contributed by atoms with Crippen molar-refractivity contribution < 1.29 is 4.39 Å². The molecule has 0 aliphatic heterocycles. The Morgan fingerprint density at radius 1 is 1.15 bits per heavy atom. The van der Waals surface area contributed by atoms with E-state index in [-0.39, 0.29) is 5.82 Å². The first-order valence-electron chi connectivity index (χ1n) is 6.69. The summed E-state index contributed by atoms with van der Waals surface area (Å²) in [5.74, 6) is 1.45. The fourth-order valence-electron chi connectivity index (χ4n) is 1.88. The molecule has 3 nitrogen and oxygen atoms in total. The van der Waals surface area contributed by atoms with Gasteiger partial charge in [-0.15, -0.1) is 0 Å². The van der Waals surface area contributed by atoms with Gasteiger partial charge in [0, 0.05) is 19.0 Å². The van der Waals surface area contributed by atoms with Crippen molar-refractivity contribution in [3.05, 3.63) is 52.1 Å². The second-order valence-electron chi connectivity index (χ2n) is 4.55. The summed E-state index contributed by atoms with van der Waals surface area (Å²) in [5.41, 5.74) is 1.10. The number of aromatic nitrogens is 2. The Labute approximate surface area is 126 Å². The van der Waals surface area contributed by atoms with Crippen LogP contribution >= 0.6 is 15.9 Å². The van der Waals surface area contributed by atoms with E-state index in [1.807, 2.05) is 6.07 Å². The third kappa shape index (κ3) is 4.56. The van der Waals surface area contributed by atoms with Crippen molar-refractivity contribution in [2.24, 2.45) is 0 Å². The quantitative estimate of drug-likeness (QED) is 0.810. The zero-order valence-electron chi connectivity index (χ0n) is 11.4. The van der Waals surface area contributed by atoms with Gasteiger partial charge >= 0.3 is 0 Å². The summed E-state index contributed by atoms with van der Waals surface area (Å²) in [6.45, 7) is 2.85. The van der Waals surface area contributed by atoms with E-state index in [9.17, 15) is 4.39 Å². The van der Waals surface area contributed by atoms with Crippen LogP contribution in [-0.4, -0.2) is 16.5 Å². The molecule has 106 valence electrons. The highest BCUT2D eigenvalue weighted by atomic mass is 79.9. The minimum Gasteiger partial charge on any atom is -0.370 e. The lowest BCUT2D eigenvalue weighted by Crippen LogP contribution is -2.08. The second-order valence-corrected chi connectivity index (χ2v) is 5.36. The molecule has 0 aliphatic rings. The average Bonchev–Trinajstić information content (AvgIpc) is 2.41. The van der Waals surface area contributed by atoms with Crippen LogP contribution in [0.25, 0.3) is 0 Å². The molecule has 0 spiro atoms. The standard InChI is InChI=1S/C15H17BrFN3/c1-2-3-14-19-13(16)10-15(20-14)18-9-8-11-4-6-12(17)7-5-11/h4-7,10H,2-3,8-9H2,1H3,(H,18,19,20). The van der Waals surface area contributed by atoms with Crippen LogP contribution in [0.15, 0.2) is 34.9 Å². The molecular formula is C15H17BrFN3. The lowest BCUT2D eigenvalue weighted by Gasteiger charge is -2.08. The molecule has 5 heteroatoms. The molecule has 0 amide bonds. The Hall–Kier alpha value is -1.49. The molecule has 1 aromatic heterocycles. The van der Waals surface area contributed by atoms with Crippen LogP contribution in [0.2, 0.25) is 0 Å². The zero-order valence-corrected chi connectivity index (χ0v) is 13.0. The van der Waals surface area contributed by atoms with Gasteiger partial charge in [-0.1, -0.05) is 19.1 Å². The number of halogens is 2. The van der Waals surface area contributed by atoms with Crippen molar-refractivity contribution in [2.45, 2.75) is 26.2 Å². The van der Waals surface area contributed by atoms with E-state index in [1.165, 1.54) is 12.1 Å². The van der Waals surface area contributed by atoms with Gasteiger partial charge in [0.1, 0.15) is 22.1 Å². The first-order chi connectivity index (χ1) is 9.67. The number of hydrogen-bond acceptors (Lipinski definition) is 3. The lowest BCUT2D eigenvalue weighted by molar-refractivity contribution is 0.627. The molecular weight excluding hydrogens is 321 g/mol. The molecule has 1 aromatic carbocycles. The average molecular weight is 338 g/mol. The minimum absolute atomic E-state index is 0.203. The smallest absolute Gasteiger partial charge is 0.132 e. The highest BCUT2D eigenvalue weighted by Crippen LogP contribution is 2.13. The van der Waals surface area contributed by atoms with Gasteiger partial charge < -0.3 is 5.32 Å². The third-order valence-electron chi connectivity index (χ3n) is 2.85. The molecule has 0 radical (unpaired) electrons. The molecule has 0 saturated carbocycles. The van der Waals surface area contributed by atoms with Crippen molar-refractivity contribution in [3.63, 3.8) is 0 Å². The molecule has 2 aromatic rings. The van der Waals surface area contributed by atoms with E-state index < -0.39 is 0 Å². The molecule has 20 heavy (non-hydrogen) atoms. The fraction of sp³-hybridized carbons (Fsp3) is 0.333. The summed E-state index contributed by atoms with van der Waals surface area (Å²) in [4.78, 5) is 8.78. The predicted molar refractivity (Wildman–Crippen MR) is 82.3 cm³/mol. The van der Waals surface area contributed by atoms with Gasteiger partial charge in [-0.2, -0.15) is 0 Å². The monoisotopic (exact) mass is 337 g/mol. The summed E-state index contributed by atoms with van der Waals surface area (Å²) in [7, 11) is 0. The van der Waals surface area contributed by atoms with Crippen LogP contribution in [0, 0.1) is 5.82 Å². The Kier molecular flexibility index (Phi) is 5.47. The van der Waals surface area contributed by atoms with Gasteiger partial charge in [-0.3, -0.25) is 0 Å². The SMILES string of the molecule is CCCc1nc(Br)cc(NCCc2ccc(F)cc2)n1. The van der Waals surface area contributed by atoms with E-state index >= 15 is 0 Å². The Morgan fingerprint density at radius 2 is 1.90 bits per heavy atom. The van der Waals surface area contributed by atoms with Gasteiger partial charge in [-0.25, -0.2) is 14.4 Å². The zero-order chi connectivity index (χ0) is 14.4. The third-order valence-corrected chi connectivity index (χ3v) is 3.25. The highest BCUT2D eigenvalue weighted by molar-refractivity contribution is 9.10. The first-order valence-corrected chi connectivity index (χ1v) is 7.48. The molecule has 0 aliphatic carbocycles. The topological polar surface area (TPSA) is 37.8 Å². The van der Waals surface area contributed by atoms with Crippen molar-refractivity contribution in [1.29, 1.82) is 0 Å². The number of anilines is 1. The van der Waals surface area contributed by atoms with E-state index in [2.05, 4.69) is 38.1 Å². The highest BCUT2D eigenvalue weighted by Gasteiger charge is 2.02. The van der Waals surface area contributed by atoms with Gasteiger partial charge in [0.15, 0.2) is 0 Å². The molecule has 0 saturated heterocycles. The Morgan fingerprint density at radius 3 is 2.60 bits per heavy atom. The summed E-state index contributed by atoms with van der Waals surface area (Å²) in [5, 5.41) is 3.27. The van der Waals surface area contributed by atoms with Crippen LogP contribution in [0.5, 0.6) is 0 Å². The summed E-state index contributed by atoms with van der Waals surface area (Å²) in [6.07, 6.45) is 2.71. The Bertz CT molecular complexity index is 558. The van der Waals surface area contributed by atoms with Gasteiger partial charge in [0.2, 0.25) is 0 Å². The largest absolute Gasteiger partial charge is 0.370 e. The van der Waals surface area contributed by atoms with Crippen molar-refractivity contribution in [1.82, 2.24) is 9.97 Å². The molecule has 1 heterocycles. The van der Waals surface area contributed by atoms with Gasteiger partial charge in [-0.05, 0) is 46.5 Å². The normalized spacial score (nSPS) is 10.6. The Balaban J connectivity index is 1.91. The molecule has 1 N–H and O–H groups in total. The molecule has 0 bridgehead atoms. The number of hydrogen-bond donors (Lipinski definition) is 1. The number of benzene rings is 1. The van der Waals surface area contributed by atoms with Gasteiger partial charge in [0.05, 0.1) is 0 Å². The number of nitrogens with zero attached hydrogens (tertiary/aromatic N) is 2. The van der Waals surface area contributed by atoms with E-state index in [0.29, 0.717) is 0 Å². The van der Waals surface area contributed by atoms with Crippen molar-refractivity contribution in [3.8, 4) is 0 Å². The number of rotatable bonds is 6. The molecule has 0 fully saturated rings. The summed E-state index contributed by atoms with van der Waals surface area (Å²) < 4.78 is 13.6. The van der Waals surface area contributed by atoms with Crippen LogP contribution < -0.4 is 5.32 Å². The summed E-state index contributed by atoms with van der Waals surface area (Å²) >= 11 is 3.40. The molecule has 0 unspecified atom stereocenters. The number of aryl methyl sites for hydroxylation is 1.